The molecule has 6 nitrogen and oxygen atoms in total. The van der Waals surface area contributed by atoms with Gasteiger partial charge in [0.1, 0.15) is 0 Å². The van der Waals surface area contributed by atoms with Gasteiger partial charge in [-0.25, -0.2) is 4.98 Å². The number of aryl methyl sites for hydroxylation is 1. The molecule has 24 heavy (non-hydrogen) atoms. The molecule has 6 heteroatoms. The molecule has 0 spiro atoms. The third-order valence-electron chi connectivity index (χ3n) is 5.00. The largest absolute Gasteiger partial charge is 0.477 e. The lowest BCUT2D eigenvalue weighted by Gasteiger charge is -2.37. The van der Waals surface area contributed by atoms with Gasteiger partial charge in [0, 0.05) is 50.2 Å². The zero-order valence-corrected chi connectivity index (χ0v) is 14.0. The minimum absolute atomic E-state index is 0.327. The molecule has 2 fully saturated rings. The summed E-state index contributed by atoms with van der Waals surface area (Å²) in [6.07, 6.45) is 8.34. The molecule has 2 aliphatic rings. The average molecular weight is 328 g/mol. The Morgan fingerprint density at radius 2 is 2.29 bits per heavy atom. The summed E-state index contributed by atoms with van der Waals surface area (Å²) in [6, 6.07) is 6.25. The summed E-state index contributed by atoms with van der Waals surface area (Å²) in [7, 11) is 1.96. The van der Waals surface area contributed by atoms with E-state index in [2.05, 4.69) is 21.2 Å². The van der Waals surface area contributed by atoms with Crippen LogP contribution in [-0.4, -0.2) is 51.6 Å². The molecule has 3 heterocycles. The zero-order valence-electron chi connectivity index (χ0n) is 14.0. The Morgan fingerprint density at radius 1 is 1.33 bits per heavy atom. The molecule has 0 radical (unpaired) electrons. The van der Waals surface area contributed by atoms with Crippen LogP contribution in [0.5, 0.6) is 5.88 Å². The van der Waals surface area contributed by atoms with Crippen molar-refractivity contribution in [3.63, 3.8) is 0 Å². The SMILES string of the molecule is Cn1cc(CN2CCO[C@@H]3C[C@@H](COc4ccccn4)C[C@H]32)cn1. The molecule has 2 aromatic heterocycles. The number of aromatic nitrogens is 3. The van der Waals surface area contributed by atoms with E-state index >= 15 is 0 Å². The Balaban J connectivity index is 1.35. The first-order valence-electron chi connectivity index (χ1n) is 8.65. The van der Waals surface area contributed by atoms with Gasteiger partial charge in [0.2, 0.25) is 5.88 Å². The first kappa shape index (κ1) is 15.6. The minimum Gasteiger partial charge on any atom is -0.477 e. The first-order valence-corrected chi connectivity index (χ1v) is 8.65. The molecule has 0 amide bonds. The van der Waals surface area contributed by atoms with E-state index in [1.165, 1.54) is 5.56 Å². The predicted octanol–water partition coefficient (Wildman–Crippen LogP) is 1.87. The monoisotopic (exact) mass is 328 g/mol. The Labute approximate surface area is 142 Å². The fourth-order valence-corrected chi connectivity index (χ4v) is 3.88. The van der Waals surface area contributed by atoms with Crippen LogP contribution in [-0.2, 0) is 18.3 Å². The van der Waals surface area contributed by atoms with Gasteiger partial charge >= 0.3 is 0 Å². The summed E-state index contributed by atoms with van der Waals surface area (Å²) in [5, 5.41) is 4.28. The first-order chi connectivity index (χ1) is 11.8. The van der Waals surface area contributed by atoms with Crippen LogP contribution in [0.3, 0.4) is 0 Å². The van der Waals surface area contributed by atoms with E-state index in [0.29, 0.717) is 30.6 Å². The molecule has 0 unspecified atom stereocenters. The normalized spacial score (nSPS) is 27.1. The maximum Gasteiger partial charge on any atom is 0.213 e. The van der Waals surface area contributed by atoms with Crippen LogP contribution in [0, 0.1) is 5.92 Å². The smallest absolute Gasteiger partial charge is 0.213 e. The third kappa shape index (κ3) is 3.44. The molecule has 1 saturated carbocycles. The van der Waals surface area contributed by atoms with Gasteiger partial charge in [0.25, 0.3) is 0 Å². The van der Waals surface area contributed by atoms with Crippen molar-refractivity contribution in [2.45, 2.75) is 31.5 Å². The van der Waals surface area contributed by atoms with E-state index in [9.17, 15) is 0 Å². The molecular formula is C18H24N4O2. The molecule has 1 aliphatic heterocycles. The molecule has 0 aromatic carbocycles. The second kappa shape index (κ2) is 6.91. The van der Waals surface area contributed by atoms with Crippen LogP contribution in [0.4, 0.5) is 0 Å². The Kier molecular flexibility index (Phi) is 4.49. The maximum atomic E-state index is 6.02. The molecule has 4 rings (SSSR count). The molecule has 0 N–H and O–H groups in total. The molecule has 1 aliphatic carbocycles. The van der Waals surface area contributed by atoms with Crippen LogP contribution in [0.15, 0.2) is 36.8 Å². The van der Waals surface area contributed by atoms with E-state index in [4.69, 9.17) is 9.47 Å². The van der Waals surface area contributed by atoms with Crippen molar-refractivity contribution in [3.8, 4) is 5.88 Å². The van der Waals surface area contributed by atoms with Gasteiger partial charge in [0.05, 0.1) is 25.5 Å². The number of fused-ring (bicyclic) bond motifs is 1. The highest BCUT2D eigenvalue weighted by molar-refractivity contribution is 5.09. The van der Waals surface area contributed by atoms with Gasteiger partial charge in [0.15, 0.2) is 0 Å². The number of nitrogens with zero attached hydrogens (tertiary/aromatic N) is 4. The fourth-order valence-electron chi connectivity index (χ4n) is 3.88. The Bertz CT molecular complexity index is 660. The topological polar surface area (TPSA) is 52.4 Å². The van der Waals surface area contributed by atoms with Crippen molar-refractivity contribution in [2.24, 2.45) is 13.0 Å². The fraction of sp³-hybridized carbons (Fsp3) is 0.556. The number of hydrogen-bond acceptors (Lipinski definition) is 5. The van der Waals surface area contributed by atoms with Crippen molar-refractivity contribution in [3.05, 3.63) is 42.4 Å². The summed E-state index contributed by atoms with van der Waals surface area (Å²) in [5.74, 6) is 1.23. The molecule has 2 aromatic rings. The van der Waals surface area contributed by atoms with Crippen LogP contribution in [0.2, 0.25) is 0 Å². The highest BCUT2D eigenvalue weighted by Gasteiger charge is 2.41. The highest BCUT2D eigenvalue weighted by atomic mass is 16.5. The third-order valence-corrected chi connectivity index (χ3v) is 5.00. The van der Waals surface area contributed by atoms with E-state index in [1.807, 2.05) is 36.1 Å². The van der Waals surface area contributed by atoms with E-state index in [-0.39, 0.29) is 0 Å². The van der Waals surface area contributed by atoms with E-state index in [0.717, 1.165) is 32.5 Å². The van der Waals surface area contributed by atoms with E-state index in [1.54, 1.807) is 6.20 Å². The van der Waals surface area contributed by atoms with E-state index < -0.39 is 0 Å². The maximum absolute atomic E-state index is 6.02. The standard InChI is InChI=1S/C18H24N4O2/c1-21-11-15(10-20-21)12-22-6-7-23-17-9-14(8-16(17)22)13-24-18-4-2-3-5-19-18/h2-5,10-11,14,16-17H,6-9,12-13H2,1H3/t14-,16+,17+/m0/s1. The molecule has 0 bridgehead atoms. The van der Waals surface area contributed by atoms with Gasteiger partial charge in [-0.1, -0.05) is 6.07 Å². The lowest BCUT2D eigenvalue weighted by molar-refractivity contribution is -0.0590. The average Bonchev–Trinajstić information content (AvgIpc) is 3.20. The molecule has 1 saturated heterocycles. The molecule has 3 atom stereocenters. The minimum atomic E-state index is 0.327. The summed E-state index contributed by atoms with van der Waals surface area (Å²) in [4.78, 5) is 6.78. The van der Waals surface area contributed by atoms with Crippen molar-refractivity contribution in [2.75, 3.05) is 19.8 Å². The lowest BCUT2D eigenvalue weighted by Crippen LogP contribution is -2.47. The quantitative estimate of drug-likeness (QED) is 0.839. The van der Waals surface area contributed by atoms with Gasteiger partial charge in [-0.3, -0.25) is 9.58 Å². The molecule has 128 valence electrons. The number of ether oxygens (including phenoxy) is 2. The second-order valence-corrected chi connectivity index (χ2v) is 6.79. The van der Waals surface area contributed by atoms with Crippen LogP contribution < -0.4 is 4.74 Å². The predicted molar refractivity (Wildman–Crippen MR) is 89.6 cm³/mol. The van der Waals surface area contributed by atoms with Gasteiger partial charge in [-0.2, -0.15) is 5.10 Å². The second-order valence-electron chi connectivity index (χ2n) is 6.79. The Morgan fingerprint density at radius 3 is 3.08 bits per heavy atom. The number of rotatable bonds is 5. The Hall–Kier alpha value is -1.92. The summed E-state index contributed by atoms with van der Waals surface area (Å²) in [5.41, 5.74) is 1.27. The lowest BCUT2D eigenvalue weighted by atomic mass is 10.1. The van der Waals surface area contributed by atoms with Crippen LogP contribution >= 0.6 is 0 Å². The van der Waals surface area contributed by atoms with Crippen LogP contribution in [0.25, 0.3) is 0 Å². The zero-order chi connectivity index (χ0) is 16.4. The van der Waals surface area contributed by atoms with Gasteiger partial charge < -0.3 is 9.47 Å². The van der Waals surface area contributed by atoms with Crippen molar-refractivity contribution < 1.29 is 9.47 Å². The summed E-state index contributed by atoms with van der Waals surface area (Å²) in [6.45, 7) is 3.47. The number of morpholine rings is 1. The van der Waals surface area contributed by atoms with Crippen molar-refractivity contribution >= 4 is 0 Å². The highest BCUT2D eigenvalue weighted by Crippen LogP contribution is 2.35. The van der Waals surface area contributed by atoms with Crippen molar-refractivity contribution in [1.29, 1.82) is 0 Å². The van der Waals surface area contributed by atoms with Gasteiger partial charge in [-0.15, -0.1) is 0 Å². The summed E-state index contributed by atoms with van der Waals surface area (Å²) < 4.78 is 13.7. The van der Waals surface area contributed by atoms with Crippen LogP contribution in [0.1, 0.15) is 18.4 Å². The summed E-state index contributed by atoms with van der Waals surface area (Å²) >= 11 is 0. The van der Waals surface area contributed by atoms with Crippen molar-refractivity contribution in [1.82, 2.24) is 19.7 Å². The number of hydrogen-bond donors (Lipinski definition) is 0. The van der Waals surface area contributed by atoms with Gasteiger partial charge in [-0.05, 0) is 24.8 Å². The molecular weight excluding hydrogens is 304 g/mol. The number of pyridine rings is 1.